The van der Waals surface area contributed by atoms with Crippen LogP contribution in [0.3, 0.4) is 0 Å². The lowest BCUT2D eigenvalue weighted by Gasteiger charge is -2.32. The summed E-state index contributed by atoms with van der Waals surface area (Å²) >= 11 is 0. The lowest BCUT2D eigenvalue weighted by Crippen LogP contribution is -2.42. The smallest absolute Gasteiger partial charge is 0.244 e. The van der Waals surface area contributed by atoms with Crippen molar-refractivity contribution in [3.05, 3.63) is 35.9 Å². The summed E-state index contributed by atoms with van der Waals surface area (Å²) in [6, 6.07) is 10.6. The van der Waals surface area contributed by atoms with Crippen molar-refractivity contribution in [1.82, 2.24) is 15.5 Å². The minimum atomic E-state index is 0.107. The number of carbonyl (C=O) groups is 1. The number of carbonyl (C=O) groups excluding carboxylic acids is 1. The van der Waals surface area contributed by atoms with Gasteiger partial charge in [-0.15, -0.1) is 0 Å². The van der Waals surface area contributed by atoms with E-state index in [0.717, 1.165) is 38.9 Å². The average molecular weight is 375 g/mol. The molecule has 0 unspecified atom stereocenters. The minimum absolute atomic E-state index is 0.107. The van der Waals surface area contributed by atoms with E-state index >= 15 is 0 Å². The maximum absolute atomic E-state index is 12.5. The predicted octanol–water partition coefficient (Wildman–Crippen LogP) is 2.06. The van der Waals surface area contributed by atoms with Crippen molar-refractivity contribution in [2.75, 3.05) is 45.9 Å². The third-order valence-electron chi connectivity index (χ3n) is 4.79. The maximum Gasteiger partial charge on any atom is 0.244 e. The van der Waals surface area contributed by atoms with Crippen molar-refractivity contribution in [2.45, 2.75) is 33.1 Å². The Bertz CT molecular complexity index is 569. The number of ether oxygens (including phenoxy) is 1. The highest BCUT2D eigenvalue weighted by Gasteiger charge is 2.22. The number of guanidine groups is 1. The van der Waals surface area contributed by atoms with E-state index in [1.54, 1.807) is 0 Å². The van der Waals surface area contributed by atoms with E-state index in [2.05, 4.69) is 46.0 Å². The fraction of sp³-hybridized carbons (Fsp3) is 0.619. The van der Waals surface area contributed by atoms with Gasteiger partial charge in [0.25, 0.3) is 0 Å². The summed E-state index contributed by atoms with van der Waals surface area (Å²) in [5.41, 5.74) is 1.39. The summed E-state index contributed by atoms with van der Waals surface area (Å²) in [5.74, 6) is 1.44. The normalized spacial score (nSPS) is 15.6. The van der Waals surface area contributed by atoms with Crippen molar-refractivity contribution >= 4 is 11.9 Å². The fourth-order valence-electron chi connectivity index (χ4n) is 3.31. The average Bonchev–Trinajstić information content (AvgIpc) is 2.70. The third kappa shape index (κ3) is 7.99. The number of hydrogen-bond acceptors (Lipinski definition) is 3. The molecule has 1 aliphatic rings. The molecule has 0 atom stereocenters. The van der Waals surface area contributed by atoms with E-state index in [1.165, 1.54) is 5.56 Å². The first kappa shape index (κ1) is 21.2. The molecule has 1 aromatic carbocycles. The summed E-state index contributed by atoms with van der Waals surface area (Å²) in [4.78, 5) is 18.9. The Morgan fingerprint density at radius 2 is 1.93 bits per heavy atom. The molecule has 1 aliphatic heterocycles. The van der Waals surface area contributed by atoms with Crippen molar-refractivity contribution in [2.24, 2.45) is 10.9 Å². The number of nitrogens with zero attached hydrogens (tertiary/aromatic N) is 2. The quantitative estimate of drug-likeness (QED) is 0.394. The Hall–Kier alpha value is -2.08. The highest BCUT2D eigenvalue weighted by Crippen LogP contribution is 2.21. The van der Waals surface area contributed by atoms with Gasteiger partial charge in [0, 0.05) is 32.8 Å². The third-order valence-corrected chi connectivity index (χ3v) is 4.79. The number of piperidine rings is 1. The number of benzene rings is 1. The Balaban J connectivity index is 1.73. The topological polar surface area (TPSA) is 66.0 Å². The molecule has 1 amide bonds. The molecular weight excluding hydrogens is 340 g/mol. The van der Waals surface area contributed by atoms with Crippen LogP contribution in [0.5, 0.6) is 0 Å². The summed E-state index contributed by atoms with van der Waals surface area (Å²) in [7, 11) is 0. The summed E-state index contributed by atoms with van der Waals surface area (Å²) < 4.78 is 5.31. The van der Waals surface area contributed by atoms with Crippen LogP contribution in [0.25, 0.3) is 0 Å². The molecule has 1 fully saturated rings. The van der Waals surface area contributed by atoms with Crippen molar-refractivity contribution in [3.8, 4) is 0 Å². The molecule has 1 saturated heterocycles. The van der Waals surface area contributed by atoms with Crippen molar-refractivity contribution in [3.63, 3.8) is 0 Å². The summed E-state index contributed by atoms with van der Waals surface area (Å²) in [6.45, 7) is 8.61. The molecule has 6 heteroatoms. The second-order valence-electron chi connectivity index (χ2n) is 6.83. The Labute approximate surface area is 163 Å². The Morgan fingerprint density at radius 1 is 1.19 bits per heavy atom. The van der Waals surface area contributed by atoms with Crippen molar-refractivity contribution in [1.29, 1.82) is 0 Å². The van der Waals surface area contributed by atoms with Crippen LogP contribution in [0.4, 0.5) is 0 Å². The van der Waals surface area contributed by atoms with E-state index in [4.69, 9.17) is 4.74 Å². The van der Waals surface area contributed by atoms with E-state index in [-0.39, 0.29) is 12.5 Å². The van der Waals surface area contributed by atoms with Crippen molar-refractivity contribution < 1.29 is 9.53 Å². The van der Waals surface area contributed by atoms with Gasteiger partial charge in [-0.25, -0.2) is 4.99 Å². The van der Waals surface area contributed by atoms with E-state index in [1.807, 2.05) is 18.7 Å². The van der Waals surface area contributed by atoms with Gasteiger partial charge in [-0.3, -0.25) is 4.79 Å². The van der Waals surface area contributed by atoms with Gasteiger partial charge in [0.2, 0.25) is 5.91 Å². The van der Waals surface area contributed by atoms with Crippen LogP contribution in [0.15, 0.2) is 35.3 Å². The van der Waals surface area contributed by atoms with Crippen LogP contribution >= 0.6 is 0 Å². The standard InChI is InChI=1S/C21H34N4O2/c1-3-22-21(23-12-15-27-4-2)24-17-20(26)25-13-10-19(11-14-25)16-18-8-6-5-7-9-18/h5-9,19H,3-4,10-17H2,1-2H3,(H2,22,23,24). The predicted molar refractivity (Wildman–Crippen MR) is 110 cm³/mol. The highest BCUT2D eigenvalue weighted by atomic mass is 16.5. The van der Waals surface area contributed by atoms with E-state index < -0.39 is 0 Å². The molecule has 1 heterocycles. The first-order valence-corrected chi connectivity index (χ1v) is 10.1. The van der Waals surface area contributed by atoms with Crippen LogP contribution in [-0.2, 0) is 16.0 Å². The number of amides is 1. The van der Waals surface area contributed by atoms with Gasteiger partial charge in [0.05, 0.1) is 6.61 Å². The molecule has 2 rings (SSSR count). The second kappa shape index (κ2) is 12.3. The SMILES string of the molecule is CCNC(=NCC(=O)N1CCC(Cc2ccccc2)CC1)NCCOCC. The van der Waals surface area contributed by atoms with Gasteiger partial charge in [0.15, 0.2) is 5.96 Å². The van der Waals surface area contributed by atoms with Gasteiger partial charge < -0.3 is 20.3 Å². The zero-order valence-electron chi connectivity index (χ0n) is 16.7. The first-order valence-electron chi connectivity index (χ1n) is 10.1. The van der Waals surface area contributed by atoms with Crippen LogP contribution < -0.4 is 10.6 Å². The molecule has 6 nitrogen and oxygen atoms in total. The number of hydrogen-bond donors (Lipinski definition) is 2. The number of rotatable bonds is 9. The molecule has 27 heavy (non-hydrogen) atoms. The van der Waals surface area contributed by atoms with Crippen LogP contribution in [0.1, 0.15) is 32.3 Å². The monoisotopic (exact) mass is 374 g/mol. The zero-order valence-corrected chi connectivity index (χ0v) is 16.7. The van der Waals surface area contributed by atoms with Gasteiger partial charge in [-0.1, -0.05) is 30.3 Å². The van der Waals surface area contributed by atoms with Gasteiger partial charge in [-0.2, -0.15) is 0 Å². The summed E-state index contributed by atoms with van der Waals surface area (Å²) in [5, 5.41) is 6.36. The molecule has 2 N–H and O–H groups in total. The fourth-order valence-corrected chi connectivity index (χ4v) is 3.31. The number of nitrogens with one attached hydrogen (secondary N) is 2. The maximum atomic E-state index is 12.5. The van der Waals surface area contributed by atoms with Crippen LogP contribution in [0.2, 0.25) is 0 Å². The van der Waals surface area contributed by atoms with E-state index in [0.29, 0.717) is 31.6 Å². The Kier molecular flexibility index (Phi) is 9.69. The van der Waals surface area contributed by atoms with Crippen LogP contribution in [0, 0.1) is 5.92 Å². The number of aliphatic imine (C=N–C) groups is 1. The molecule has 0 aromatic heterocycles. The lowest BCUT2D eigenvalue weighted by atomic mass is 9.90. The number of likely N-dealkylation sites (tertiary alicyclic amines) is 1. The van der Waals surface area contributed by atoms with Crippen LogP contribution in [-0.4, -0.2) is 62.7 Å². The van der Waals surface area contributed by atoms with Gasteiger partial charge >= 0.3 is 0 Å². The van der Waals surface area contributed by atoms with Gasteiger partial charge in [0.1, 0.15) is 6.54 Å². The second-order valence-corrected chi connectivity index (χ2v) is 6.83. The first-order chi connectivity index (χ1) is 13.2. The van der Waals surface area contributed by atoms with E-state index in [9.17, 15) is 4.79 Å². The minimum Gasteiger partial charge on any atom is -0.380 e. The molecule has 1 aromatic rings. The molecular formula is C21H34N4O2. The van der Waals surface area contributed by atoms with Gasteiger partial charge in [-0.05, 0) is 44.6 Å². The summed E-state index contributed by atoms with van der Waals surface area (Å²) in [6.07, 6.45) is 3.24. The molecule has 0 bridgehead atoms. The zero-order chi connectivity index (χ0) is 19.3. The largest absolute Gasteiger partial charge is 0.380 e. The Morgan fingerprint density at radius 3 is 2.59 bits per heavy atom. The molecule has 150 valence electrons. The molecule has 0 saturated carbocycles. The molecule has 0 radical (unpaired) electrons. The molecule has 0 spiro atoms. The lowest BCUT2D eigenvalue weighted by molar-refractivity contribution is -0.130. The molecule has 0 aliphatic carbocycles. The highest BCUT2D eigenvalue weighted by molar-refractivity contribution is 5.85.